The Kier molecular flexibility index (Phi) is 3.91. The number of anilines is 1. The maximum atomic E-state index is 12.4. The molecule has 1 aromatic heterocycles. The van der Waals surface area contributed by atoms with Gasteiger partial charge >= 0.3 is 6.09 Å². The summed E-state index contributed by atoms with van der Waals surface area (Å²) in [7, 11) is 0. The van der Waals surface area contributed by atoms with E-state index in [1.807, 2.05) is 31.2 Å². The number of hydrogen-bond donors (Lipinski definition) is 1. The van der Waals surface area contributed by atoms with Crippen LogP contribution in [0.25, 0.3) is 0 Å². The number of ether oxygens (including phenoxy) is 1. The van der Waals surface area contributed by atoms with Crippen molar-refractivity contribution in [2.24, 2.45) is 0 Å². The molecular formula is C18H19N3O4. The minimum atomic E-state index is -0.343. The van der Waals surface area contributed by atoms with Crippen LogP contribution in [0.15, 0.2) is 34.9 Å². The average molecular weight is 341 g/mol. The first-order valence-electron chi connectivity index (χ1n) is 8.43. The molecule has 1 N–H and O–H groups in total. The number of carbonyl (C=O) groups excluding carboxylic acids is 2. The second kappa shape index (κ2) is 6.23. The molecule has 1 aliphatic heterocycles. The first-order valence-corrected chi connectivity index (χ1v) is 8.43. The van der Waals surface area contributed by atoms with E-state index in [1.54, 1.807) is 11.0 Å². The maximum Gasteiger partial charge on any atom is 0.414 e. The molecule has 1 aliphatic carbocycles. The van der Waals surface area contributed by atoms with Crippen molar-refractivity contribution in [3.8, 4) is 0 Å². The molecule has 1 saturated heterocycles. The van der Waals surface area contributed by atoms with Crippen LogP contribution in [0.1, 0.15) is 53.5 Å². The van der Waals surface area contributed by atoms with Gasteiger partial charge in [0.15, 0.2) is 5.69 Å². The van der Waals surface area contributed by atoms with Crippen molar-refractivity contribution < 1.29 is 18.8 Å². The maximum absolute atomic E-state index is 12.4. The summed E-state index contributed by atoms with van der Waals surface area (Å²) in [5, 5.41) is 6.78. The Balaban J connectivity index is 1.45. The van der Waals surface area contributed by atoms with E-state index in [2.05, 4.69) is 10.5 Å². The zero-order valence-corrected chi connectivity index (χ0v) is 13.9. The van der Waals surface area contributed by atoms with Crippen molar-refractivity contribution in [1.82, 2.24) is 10.5 Å². The van der Waals surface area contributed by atoms with E-state index in [0.29, 0.717) is 24.8 Å². The summed E-state index contributed by atoms with van der Waals surface area (Å²) in [6, 6.07) is 9.00. The van der Waals surface area contributed by atoms with E-state index >= 15 is 0 Å². The fraction of sp³-hybridized carbons (Fsp3) is 0.389. The van der Waals surface area contributed by atoms with Gasteiger partial charge in [-0.2, -0.15) is 0 Å². The Morgan fingerprint density at radius 1 is 1.36 bits per heavy atom. The summed E-state index contributed by atoms with van der Waals surface area (Å²) in [4.78, 5) is 25.6. The molecule has 0 radical (unpaired) electrons. The third-order valence-corrected chi connectivity index (χ3v) is 4.53. The molecule has 2 fully saturated rings. The number of benzene rings is 1. The molecule has 1 atom stereocenters. The Hall–Kier alpha value is -2.83. The van der Waals surface area contributed by atoms with E-state index in [9.17, 15) is 9.59 Å². The van der Waals surface area contributed by atoms with Gasteiger partial charge in [0.2, 0.25) is 0 Å². The number of rotatable bonds is 5. The molecule has 4 rings (SSSR count). The van der Waals surface area contributed by atoms with Crippen molar-refractivity contribution >= 4 is 17.7 Å². The first kappa shape index (κ1) is 15.7. The van der Waals surface area contributed by atoms with Crippen LogP contribution >= 0.6 is 0 Å². The molecule has 2 aliphatic rings. The number of cyclic esters (lactones) is 1. The molecule has 1 saturated carbocycles. The zero-order valence-electron chi connectivity index (χ0n) is 13.9. The summed E-state index contributed by atoms with van der Waals surface area (Å²) < 4.78 is 10.2. The smallest absolute Gasteiger partial charge is 0.414 e. The van der Waals surface area contributed by atoms with Crippen LogP contribution in [-0.2, 0) is 4.74 Å². The molecule has 2 aromatic rings. The van der Waals surface area contributed by atoms with Gasteiger partial charge in [0, 0.05) is 17.7 Å². The SMILES string of the molecule is C[C@@H](NC(=O)c1cc(C2CC2)on1)c1cccc(N2CCOC2=O)c1. The van der Waals surface area contributed by atoms with E-state index in [0.717, 1.165) is 29.9 Å². The monoisotopic (exact) mass is 341 g/mol. The highest BCUT2D eigenvalue weighted by molar-refractivity contribution is 5.92. The van der Waals surface area contributed by atoms with Gasteiger partial charge in [-0.15, -0.1) is 0 Å². The van der Waals surface area contributed by atoms with Crippen molar-refractivity contribution in [3.63, 3.8) is 0 Å². The van der Waals surface area contributed by atoms with Crippen LogP contribution in [0.2, 0.25) is 0 Å². The Bertz CT molecular complexity index is 812. The minimum absolute atomic E-state index is 0.229. The highest BCUT2D eigenvalue weighted by atomic mass is 16.6. The van der Waals surface area contributed by atoms with Crippen LogP contribution in [0, 0.1) is 0 Å². The van der Waals surface area contributed by atoms with Crippen molar-refractivity contribution in [3.05, 3.63) is 47.3 Å². The molecule has 1 aromatic carbocycles. The first-order chi connectivity index (χ1) is 12.1. The summed E-state index contributed by atoms with van der Waals surface area (Å²) in [5.41, 5.74) is 1.96. The third kappa shape index (κ3) is 3.22. The Labute approximate surface area is 144 Å². The van der Waals surface area contributed by atoms with Crippen molar-refractivity contribution in [1.29, 1.82) is 0 Å². The molecule has 0 unspecified atom stereocenters. The second-order valence-corrected chi connectivity index (χ2v) is 6.44. The molecule has 0 bridgehead atoms. The van der Waals surface area contributed by atoms with Gasteiger partial charge in [-0.1, -0.05) is 17.3 Å². The van der Waals surface area contributed by atoms with Crippen LogP contribution in [0.4, 0.5) is 10.5 Å². The summed E-state index contributed by atoms with van der Waals surface area (Å²) in [6.45, 7) is 2.82. The predicted octanol–water partition coefficient (Wildman–Crippen LogP) is 3.00. The standard InChI is InChI=1S/C18H19N3O4/c1-11(19-17(22)15-10-16(25-20-15)12-5-6-12)13-3-2-4-14(9-13)21-7-8-24-18(21)23/h2-4,9-12H,5-8H2,1H3,(H,19,22)/t11-/m1/s1. The van der Waals surface area contributed by atoms with Crippen LogP contribution in [0.5, 0.6) is 0 Å². The van der Waals surface area contributed by atoms with Crippen LogP contribution < -0.4 is 10.2 Å². The lowest BCUT2D eigenvalue weighted by Crippen LogP contribution is -2.27. The highest BCUT2D eigenvalue weighted by Gasteiger charge is 2.29. The van der Waals surface area contributed by atoms with E-state index in [4.69, 9.17) is 9.26 Å². The number of nitrogens with zero attached hydrogens (tertiary/aromatic N) is 2. The molecule has 7 heteroatoms. The molecule has 2 heterocycles. The number of amides is 2. The van der Waals surface area contributed by atoms with Crippen molar-refractivity contribution in [2.45, 2.75) is 31.7 Å². The number of aromatic nitrogens is 1. The fourth-order valence-electron chi connectivity index (χ4n) is 2.90. The molecule has 0 spiro atoms. The largest absolute Gasteiger partial charge is 0.447 e. The number of carbonyl (C=O) groups is 2. The topological polar surface area (TPSA) is 84.7 Å². The summed E-state index contributed by atoms with van der Waals surface area (Å²) >= 11 is 0. The summed E-state index contributed by atoms with van der Waals surface area (Å²) in [5.74, 6) is 0.935. The molecule has 130 valence electrons. The second-order valence-electron chi connectivity index (χ2n) is 6.44. The minimum Gasteiger partial charge on any atom is -0.447 e. The zero-order chi connectivity index (χ0) is 17.4. The predicted molar refractivity (Wildman–Crippen MR) is 89.5 cm³/mol. The van der Waals surface area contributed by atoms with Gasteiger partial charge in [-0.05, 0) is 37.5 Å². The normalized spacial score (nSPS) is 18.1. The van der Waals surface area contributed by atoms with Gasteiger partial charge in [0.1, 0.15) is 12.4 Å². The summed E-state index contributed by atoms with van der Waals surface area (Å²) in [6.07, 6.45) is 1.85. The fourth-order valence-corrected chi connectivity index (χ4v) is 2.90. The highest BCUT2D eigenvalue weighted by Crippen LogP contribution is 2.40. The molecule has 25 heavy (non-hydrogen) atoms. The van der Waals surface area contributed by atoms with Gasteiger partial charge in [0.05, 0.1) is 12.6 Å². The average Bonchev–Trinajstić information content (AvgIpc) is 3.18. The quantitative estimate of drug-likeness (QED) is 0.904. The Morgan fingerprint density at radius 2 is 2.20 bits per heavy atom. The van der Waals surface area contributed by atoms with Gasteiger partial charge in [-0.3, -0.25) is 9.69 Å². The Morgan fingerprint density at radius 3 is 2.92 bits per heavy atom. The molecule has 2 amide bonds. The van der Waals surface area contributed by atoms with E-state index in [1.165, 1.54) is 0 Å². The third-order valence-electron chi connectivity index (χ3n) is 4.53. The lowest BCUT2D eigenvalue weighted by atomic mass is 10.1. The number of nitrogens with one attached hydrogen (secondary N) is 1. The lowest BCUT2D eigenvalue weighted by Gasteiger charge is -2.17. The lowest BCUT2D eigenvalue weighted by molar-refractivity contribution is 0.0930. The van der Waals surface area contributed by atoms with Crippen LogP contribution in [-0.4, -0.2) is 30.3 Å². The van der Waals surface area contributed by atoms with Crippen molar-refractivity contribution in [2.75, 3.05) is 18.1 Å². The molecular weight excluding hydrogens is 322 g/mol. The van der Waals surface area contributed by atoms with Crippen LogP contribution in [0.3, 0.4) is 0 Å². The van der Waals surface area contributed by atoms with Gasteiger partial charge in [0.25, 0.3) is 5.91 Å². The molecule has 7 nitrogen and oxygen atoms in total. The van der Waals surface area contributed by atoms with E-state index in [-0.39, 0.29) is 18.0 Å². The van der Waals surface area contributed by atoms with Gasteiger partial charge < -0.3 is 14.6 Å². The number of hydrogen-bond acceptors (Lipinski definition) is 5. The van der Waals surface area contributed by atoms with E-state index < -0.39 is 0 Å². The van der Waals surface area contributed by atoms with Gasteiger partial charge in [-0.25, -0.2) is 4.79 Å².